The third kappa shape index (κ3) is 2.92. The first kappa shape index (κ1) is 13.7. The minimum Gasteiger partial charge on any atom is -0.384 e. The highest BCUT2D eigenvalue weighted by Crippen LogP contribution is 2.23. The van der Waals surface area contributed by atoms with E-state index in [4.69, 9.17) is 0 Å². The average Bonchev–Trinajstić information content (AvgIpc) is 2.94. The molecule has 0 fully saturated rings. The highest BCUT2D eigenvalue weighted by Gasteiger charge is 2.15. The van der Waals surface area contributed by atoms with E-state index < -0.39 is 0 Å². The number of amides is 1. The summed E-state index contributed by atoms with van der Waals surface area (Å²) in [5.41, 5.74) is 5.42. The lowest BCUT2D eigenvalue weighted by Gasteiger charge is -2.15. The smallest absolute Gasteiger partial charge is 0.251 e. The first-order valence-corrected chi connectivity index (χ1v) is 7.38. The minimum absolute atomic E-state index is 0.00128. The van der Waals surface area contributed by atoms with E-state index in [1.165, 1.54) is 11.1 Å². The highest BCUT2D eigenvalue weighted by molar-refractivity contribution is 5.95. The average molecular weight is 280 g/mol. The molecule has 108 valence electrons. The van der Waals surface area contributed by atoms with Gasteiger partial charge in [-0.1, -0.05) is 35.9 Å². The van der Waals surface area contributed by atoms with Gasteiger partial charge in [-0.05, 0) is 43.5 Å². The predicted molar refractivity (Wildman–Crippen MR) is 85.7 cm³/mol. The van der Waals surface area contributed by atoms with Crippen molar-refractivity contribution in [3.63, 3.8) is 0 Å². The van der Waals surface area contributed by atoms with Crippen molar-refractivity contribution in [1.29, 1.82) is 0 Å². The molecule has 21 heavy (non-hydrogen) atoms. The molecule has 0 aromatic heterocycles. The lowest BCUT2D eigenvalue weighted by Crippen LogP contribution is -2.26. The molecule has 0 saturated heterocycles. The van der Waals surface area contributed by atoms with E-state index in [2.05, 4.69) is 29.7 Å². The van der Waals surface area contributed by atoms with Gasteiger partial charge in [0.1, 0.15) is 0 Å². The van der Waals surface area contributed by atoms with Gasteiger partial charge in [-0.15, -0.1) is 0 Å². The molecule has 0 bridgehead atoms. The summed E-state index contributed by atoms with van der Waals surface area (Å²) in [4.78, 5) is 12.4. The lowest BCUT2D eigenvalue weighted by atomic mass is 10.0. The normalized spacial score (nSPS) is 14.2. The zero-order valence-corrected chi connectivity index (χ0v) is 12.4. The summed E-state index contributed by atoms with van der Waals surface area (Å²) < 4.78 is 0. The third-order valence-corrected chi connectivity index (χ3v) is 3.97. The van der Waals surface area contributed by atoms with E-state index in [9.17, 15) is 4.79 Å². The van der Waals surface area contributed by atoms with E-state index in [1.807, 2.05) is 37.3 Å². The van der Waals surface area contributed by atoms with Crippen molar-refractivity contribution in [3.05, 3.63) is 64.7 Å². The fraction of sp³-hybridized carbons (Fsp3) is 0.278. The summed E-state index contributed by atoms with van der Waals surface area (Å²) in [5, 5.41) is 6.37. The van der Waals surface area contributed by atoms with Gasteiger partial charge in [0.2, 0.25) is 0 Å². The van der Waals surface area contributed by atoms with E-state index in [0.717, 1.165) is 24.2 Å². The standard InChI is InChI=1S/C18H20N2O/c1-12-4-3-5-15(10-12)13(2)20-18(21)16-7-6-14-8-9-19-17(14)11-16/h3-7,10-11,13,19H,8-9H2,1-2H3,(H,20,21)/t13-/m0/s1. The van der Waals surface area contributed by atoms with Crippen LogP contribution in [-0.4, -0.2) is 12.5 Å². The highest BCUT2D eigenvalue weighted by atomic mass is 16.1. The minimum atomic E-state index is -0.0273. The molecule has 1 atom stereocenters. The maximum absolute atomic E-state index is 12.4. The molecule has 1 amide bonds. The van der Waals surface area contributed by atoms with Crippen LogP contribution in [0.5, 0.6) is 0 Å². The number of carbonyl (C=O) groups is 1. The number of carbonyl (C=O) groups excluding carboxylic acids is 1. The van der Waals surface area contributed by atoms with Crippen LogP contribution in [-0.2, 0) is 6.42 Å². The van der Waals surface area contributed by atoms with E-state index >= 15 is 0 Å². The number of hydrogen-bond donors (Lipinski definition) is 2. The van der Waals surface area contributed by atoms with Crippen molar-refractivity contribution in [3.8, 4) is 0 Å². The fourth-order valence-electron chi connectivity index (χ4n) is 2.73. The first-order chi connectivity index (χ1) is 10.1. The van der Waals surface area contributed by atoms with Gasteiger partial charge in [-0.3, -0.25) is 4.79 Å². The monoisotopic (exact) mass is 280 g/mol. The molecule has 0 radical (unpaired) electrons. The molecule has 3 rings (SSSR count). The van der Waals surface area contributed by atoms with Crippen molar-refractivity contribution in [2.24, 2.45) is 0 Å². The summed E-state index contributed by atoms with van der Waals surface area (Å²) in [6.07, 6.45) is 1.04. The number of rotatable bonds is 3. The van der Waals surface area contributed by atoms with Gasteiger partial charge >= 0.3 is 0 Å². The van der Waals surface area contributed by atoms with Crippen molar-refractivity contribution >= 4 is 11.6 Å². The molecule has 1 heterocycles. The third-order valence-electron chi connectivity index (χ3n) is 3.97. The molecule has 0 aliphatic carbocycles. The van der Waals surface area contributed by atoms with Gasteiger partial charge < -0.3 is 10.6 Å². The molecule has 0 unspecified atom stereocenters. The van der Waals surface area contributed by atoms with Crippen LogP contribution in [0.1, 0.15) is 40.0 Å². The van der Waals surface area contributed by atoms with Crippen LogP contribution in [0, 0.1) is 6.92 Å². The SMILES string of the molecule is Cc1cccc([C@H](C)NC(=O)c2ccc3c(c2)NCC3)c1. The molecule has 0 spiro atoms. The Balaban J connectivity index is 1.74. The Labute approximate surface area is 125 Å². The van der Waals surface area contributed by atoms with Crippen LogP contribution in [0.15, 0.2) is 42.5 Å². The van der Waals surface area contributed by atoms with Crippen molar-refractivity contribution in [2.75, 3.05) is 11.9 Å². The van der Waals surface area contributed by atoms with E-state index in [0.29, 0.717) is 5.56 Å². The Morgan fingerprint density at radius 3 is 2.90 bits per heavy atom. The number of aryl methyl sites for hydroxylation is 1. The Bertz CT molecular complexity index is 679. The molecule has 1 aliphatic rings. The lowest BCUT2D eigenvalue weighted by molar-refractivity contribution is 0.0940. The van der Waals surface area contributed by atoms with Gasteiger partial charge in [0.25, 0.3) is 5.91 Å². The topological polar surface area (TPSA) is 41.1 Å². The second-order valence-electron chi connectivity index (χ2n) is 5.66. The summed E-state index contributed by atoms with van der Waals surface area (Å²) in [5.74, 6) is -0.0273. The van der Waals surface area contributed by atoms with Gasteiger partial charge in [0.05, 0.1) is 6.04 Å². The van der Waals surface area contributed by atoms with Gasteiger partial charge in [0.15, 0.2) is 0 Å². The Hall–Kier alpha value is -2.29. The molecule has 3 heteroatoms. The number of anilines is 1. The maximum Gasteiger partial charge on any atom is 0.251 e. The fourth-order valence-corrected chi connectivity index (χ4v) is 2.73. The van der Waals surface area contributed by atoms with Gasteiger partial charge in [0, 0.05) is 17.8 Å². The van der Waals surface area contributed by atoms with Crippen LogP contribution in [0.4, 0.5) is 5.69 Å². The molecule has 0 saturated carbocycles. The summed E-state index contributed by atoms with van der Waals surface area (Å²) in [6.45, 7) is 5.03. The molecule has 3 nitrogen and oxygen atoms in total. The molecule has 2 N–H and O–H groups in total. The molecular formula is C18H20N2O. The number of nitrogens with one attached hydrogen (secondary N) is 2. The van der Waals surface area contributed by atoms with E-state index in [-0.39, 0.29) is 11.9 Å². The Morgan fingerprint density at radius 1 is 1.24 bits per heavy atom. The Morgan fingerprint density at radius 2 is 2.10 bits per heavy atom. The molecular weight excluding hydrogens is 260 g/mol. The first-order valence-electron chi connectivity index (χ1n) is 7.38. The van der Waals surface area contributed by atoms with Crippen LogP contribution < -0.4 is 10.6 Å². The Kier molecular flexibility index (Phi) is 3.65. The largest absolute Gasteiger partial charge is 0.384 e. The summed E-state index contributed by atoms with van der Waals surface area (Å²) >= 11 is 0. The molecule has 2 aromatic carbocycles. The zero-order chi connectivity index (χ0) is 14.8. The molecule has 1 aliphatic heterocycles. The zero-order valence-electron chi connectivity index (χ0n) is 12.4. The van der Waals surface area contributed by atoms with Crippen molar-refractivity contribution < 1.29 is 4.79 Å². The van der Waals surface area contributed by atoms with E-state index in [1.54, 1.807) is 0 Å². The van der Waals surface area contributed by atoms with Gasteiger partial charge in [-0.25, -0.2) is 0 Å². The summed E-state index contributed by atoms with van der Waals surface area (Å²) in [7, 11) is 0. The number of fused-ring (bicyclic) bond motifs is 1. The van der Waals surface area contributed by atoms with Crippen molar-refractivity contribution in [1.82, 2.24) is 5.32 Å². The number of hydrogen-bond acceptors (Lipinski definition) is 2. The molecule has 2 aromatic rings. The van der Waals surface area contributed by atoms with Crippen molar-refractivity contribution in [2.45, 2.75) is 26.3 Å². The van der Waals surface area contributed by atoms with Crippen LogP contribution >= 0.6 is 0 Å². The second kappa shape index (κ2) is 5.60. The quantitative estimate of drug-likeness (QED) is 0.904. The number of benzene rings is 2. The maximum atomic E-state index is 12.4. The van der Waals surface area contributed by atoms with Crippen LogP contribution in [0.25, 0.3) is 0 Å². The van der Waals surface area contributed by atoms with Crippen LogP contribution in [0.2, 0.25) is 0 Å². The van der Waals surface area contributed by atoms with Gasteiger partial charge in [-0.2, -0.15) is 0 Å². The second-order valence-corrected chi connectivity index (χ2v) is 5.66. The predicted octanol–water partition coefficient (Wildman–Crippen LogP) is 3.45. The van der Waals surface area contributed by atoms with Crippen LogP contribution in [0.3, 0.4) is 0 Å². The summed E-state index contributed by atoms with van der Waals surface area (Å²) in [6, 6.07) is 14.1.